The Morgan fingerprint density at radius 3 is 2.80 bits per heavy atom. The molecule has 0 bridgehead atoms. The molecule has 0 saturated heterocycles. The molecule has 0 aromatic heterocycles. The molecule has 2 aromatic carbocycles. The van der Waals surface area contributed by atoms with Gasteiger partial charge >= 0.3 is 0 Å². The van der Waals surface area contributed by atoms with Crippen molar-refractivity contribution in [2.24, 2.45) is 0 Å². The second kappa shape index (κ2) is 6.95. The molecule has 0 spiro atoms. The maximum atomic E-state index is 11.8. The Hall–Kier alpha value is -1.27. The van der Waals surface area contributed by atoms with Gasteiger partial charge < -0.3 is 10.1 Å². The topological polar surface area (TPSA) is 38.3 Å². The molecule has 2 aromatic rings. The smallest absolute Gasteiger partial charge is 0.262 e. The standard InChI is InChI=1S/C15H13ClINO2/c1-10-7-11(16)5-6-14(10)18-15(19)9-20-13-4-2-3-12(17)8-13/h2-8H,9H2,1H3,(H,18,19). The third-order valence-corrected chi connectivity index (χ3v) is 3.53. The minimum Gasteiger partial charge on any atom is -0.484 e. The number of hydrogen-bond donors (Lipinski definition) is 1. The molecule has 0 unspecified atom stereocenters. The molecule has 0 saturated carbocycles. The van der Waals surface area contributed by atoms with Gasteiger partial charge in [-0.3, -0.25) is 4.79 Å². The molecule has 0 fully saturated rings. The summed E-state index contributed by atoms with van der Waals surface area (Å²) >= 11 is 8.07. The number of anilines is 1. The van der Waals surface area contributed by atoms with E-state index in [2.05, 4.69) is 27.9 Å². The summed E-state index contributed by atoms with van der Waals surface area (Å²) in [5.74, 6) is 0.481. The predicted octanol–water partition coefficient (Wildman–Crippen LogP) is 4.27. The number of carbonyl (C=O) groups excluding carboxylic acids is 1. The molecule has 0 aliphatic heterocycles. The second-order valence-electron chi connectivity index (χ2n) is 4.25. The summed E-state index contributed by atoms with van der Waals surface area (Å²) in [7, 11) is 0. The predicted molar refractivity (Wildman–Crippen MR) is 89.5 cm³/mol. The number of ether oxygens (including phenoxy) is 1. The van der Waals surface area contributed by atoms with Crippen LogP contribution in [0.2, 0.25) is 5.02 Å². The third kappa shape index (κ3) is 4.38. The number of nitrogens with one attached hydrogen (secondary N) is 1. The van der Waals surface area contributed by atoms with Crippen LogP contribution in [0.1, 0.15) is 5.56 Å². The van der Waals surface area contributed by atoms with E-state index in [1.54, 1.807) is 18.2 Å². The van der Waals surface area contributed by atoms with Crippen molar-refractivity contribution in [3.05, 3.63) is 56.6 Å². The molecule has 104 valence electrons. The zero-order chi connectivity index (χ0) is 14.5. The van der Waals surface area contributed by atoms with Gasteiger partial charge in [-0.15, -0.1) is 0 Å². The highest BCUT2D eigenvalue weighted by Gasteiger charge is 2.06. The van der Waals surface area contributed by atoms with Gasteiger partial charge in [0, 0.05) is 14.3 Å². The number of rotatable bonds is 4. The largest absolute Gasteiger partial charge is 0.484 e. The summed E-state index contributed by atoms with van der Waals surface area (Å²) < 4.78 is 6.51. The summed E-state index contributed by atoms with van der Waals surface area (Å²) in [5, 5.41) is 3.45. The lowest BCUT2D eigenvalue weighted by molar-refractivity contribution is -0.118. The lowest BCUT2D eigenvalue weighted by Gasteiger charge is -2.10. The number of aryl methyl sites for hydroxylation is 1. The monoisotopic (exact) mass is 401 g/mol. The van der Waals surface area contributed by atoms with Crippen LogP contribution in [-0.2, 0) is 4.79 Å². The van der Waals surface area contributed by atoms with Crippen LogP contribution >= 0.6 is 34.2 Å². The molecular weight excluding hydrogens is 389 g/mol. The molecule has 0 radical (unpaired) electrons. The van der Waals surface area contributed by atoms with Crippen molar-refractivity contribution in [3.63, 3.8) is 0 Å². The number of amides is 1. The Balaban J connectivity index is 1.92. The average Bonchev–Trinajstić information content (AvgIpc) is 2.40. The van der Waals surface area contributed by atoms with E-state index < -0.39 is 0 Å². The fraction of sp³-hybridized carbons (Fsp3) is 0.133. The van der Waals surface area contributed by atoms with Gasteiger partial charge in [-0.05, 0) is 71.5 Å². The van der Waals surface area contributed by atoms with E-state index in [1.807, 2.05) is 31.2 Å². The highest BCUT2D eigenvalue weighted by molar-refractivity contribution is 14.1. The highest BCUT2D eigenvalue weighted by Crippen LogP contribution is 2.19. The first-order valence-corrected chi connectivity index (χ1v) is 7.44. The summed E-state index contributed by atoms with van der Waals surface area (Å²) in [6, 6.07) is 12.9. The van der Waals surface area contributed by atoms with Crippen molar-refractivity contribution in [1.82, 2.24) is 0 Å². The van der Waals surface area contributed by atoms with Crippen LogP contribution in [0, 0.1) is 10.5 Å². The number of carbonyl (C=O) groups is 1. The van der Waals surface area contributed by atoms with Gasteiger partial charge in [0.1, 0.15) is 5.75 Å². The van der Waals surface area contributed by atoms with Crippen LogP contribution in [0.5, 0.6) is 5.75 Å². The first-order chi connectivity index (χ1) is 9.54. The van der Waals surface area contributed by atoms with Gasteiger partial charge in [-0.2, -0.15) is 0 Å². The molecule has 20 heavy (non-hydrogen) atoms. The Labute approximate surface area is 136 Å². The van der Waals surface area contributed by atoms with Crippen LogP contribution in [0.4, 0.5) is 5.69 Å². The normalized spacial score (nSPS) is 10.2. The van der Waals surface area contributed by atoms with E-state index in [-0.39, 0.29) is 12.5 Å². The van der Waals surface area contributed by atoms with Crippen molar-refractivity contribution in [2.75, 3.05) is 11.9 Å². The summed E-state index contributed by atoms with van der Waals surface area (Å²) in [6.07, 6.45) is 0. The molecule has 3 nitrogen and oxygen atoms in total. The van der Waals surface area contributed by atoms with Crippen molar-refractivity contribution in [3.8, 4) is 5.75 Å². The van der Waals surface area contributed by atoms with Gasteiger partial charge in [0.05, 0.1) is 0 Å². The van der Waals surface area contributed by atoms with Gasteiger partial charge in [0.25, 0.3) is 5.91 Å². The van der Waals surface area contributed by atoms with Crippen LogP contribution < -0.4 is 10.1 Å². The fourth-order valence-corrected chi connectivity index (χ4v) is 2.40. The third-order valence-electron chi connectivity index (χ3n) is 2.63. The average molecular weight is 402 g/mol. The summed E-state index contributed by atoms with van der Waals surface area (Å²) in [5.41, 5.74) is 1.66. The molecule has 2 rings (SSSR count). The van der Waals surface area contributed by atoms with Crippen LogP contribution in [0.3, 0.4) is 0 Å². The first kappa shape index (κ1) is 15.1. The Morgan fingerprint density at radius 1 is 1.30 bits per heavy atom. The first-order valence-electron chi connectivity index (χ1n) is 5.99. The van der Waals surface area contributed by atoms with Gasteiger partial charge in [-0.1, -0.05) is 17.7 Å². The minimum absolute atomic E-state index is 0.0256. The molecule has 0 aliphatic carbocycles. The van der Waals surface area contributed by atoms with Crippen molar-refractivity contribution in [1.29, 1.82) is 0 Å². The van der Waals surface area contributed by atoms with Gasteiger partial charge in [-0.25, -0.2) is 0 Å². The van der Waals surface area contributed by atoms with Crippen molar-refractivity contribution in [2.45, 2.75) is 6.92 Å². The van der Waals surface area contributed by atoms with Crippen molar-refractivity contribution >= 4 is 45.8 Å². The van der Waals surface area contributed by atoms with Gasteiger partial charge in [0.15, 0.2) is 6.61 Å². The lowest BCUT2D eigenvalue weighted by Crippen LogP contribution is -2.20. The SMILES string of the molecule is Cc1cc(Cl)ccc1NC(=O)COc1cccc(I)c1. The molecule has 0 aliphatic rings. The quantitative estimate of drug-likeness (QED) is 0.777. The van der Waals surface area contributed by atoms with E-state index in [0.29, 0.717) is 10.8 Å². The van der Waals surface area contributed by atoms with Gasteiger partial charge in [0.2, 0.25) is 0 Å². The molecule has 0 heterocycles. The van der Waals surface area contributed by atoms with E-state index in [0.717, 1.165) is 14.8 Å². The molecule has 0 atom stereocenters. The molecule has 5 heteroatoms. The highest BCUT2D eigenvalue weighted by atomic mass is 127. The molecular formula is C15H13ClINO2. The number of hydrogen-bond acceptors (Lipinski definition) is 2. The number of benzene rings is 2. The van der Waals surface area contributed by atoms with Crippen LogP contribution in [0.25, 0.3) is 0 Å². The Morgan fingerprint density at radius 2 is 2.10 bits per heavy atom. The van der Waals surface area contributed by atoms with E-state index in [1.165, 1.54) is 0 Å². The van der Waals surface area contributed by atoms with Crippen LogP contribution in [-0.4, -0.2) is 12.5 Å². The maximum absolute atomic E-state index is 11.8. The van der Waals surface area contributed by atoms with E-state index >= 15 is 0 Å². The number of halogens is 2. The Kier molecular flexibility index (Phi) is 5.25. The fourth-order valence-electron chi connectivity index (χ4n) is 1.66. The van der Waals surface area contributed by atoms with Crippen molar-refractivity contribution < 1.29 is 9.53 Å². The zero-order valence-electron chi connectivity index (χ0n) is 10.8. The zero-order valence-corrected chi connectivity index (χ0v) is 13.7. The van der Waals surface area contributed by atoms with E-state index in [9.17, 15) is 4.79 Å². The molecule has 1 amide bonds. The summed E-state index contributed by atoms with van der Waals surface area (Å²) in [4.78, 5) is 11.8. The lowest BCUT2D eigenvalue weighted by atomic mass is 10.2. The minimum atomic E-state index is -0.200. The Bertz CT molecular complexity index is 631. The van der Waals surface area contributed by atoms with Crippen LogP contribution in [0.15, 0.2) is 42.5 Å². The summed E-state index contributed by atoms with van der Waals surface area (Å²) in [6.45, 7) is 1.87. The van der Waals surface area contributed by atoms with E-state index in [4.69, 9.17) is 16.3 Å². The molecule has 1 N–H and O–H groups in total. The maximum Gasteiger partial charge on any atom is 0.262 e. The second-order valence-corrected chi connectivity index (χ2v) is 5.94.